The van der Waals surface area contributed by atoms with Gasteiger partial charge in [0.15, 0.2) is 0 Å². The number of anilines is 1. The number of nitrogens with zero attached hydrogens (tertiary/aromatic N) is 2. The molecule has 2 aromatic heterocycles. The minimum atomic E-state index is 0.448. The summed E-state index contributed by atoms with van der Waals surface area (Å²) in [6.07, 6.45) is 0. The first kappa shape index (κ1) is 11.5. The van der Waals surface area contributed by atoms with Crippen molar-refractivity contribution in [1.29, 1.82) is 0 Å². The number of nitrogen functional groups attached to an aromatic ring is 1. The Hall–Kier alpha value is -1.63. The average Bonchev–Trinajstić information content (AvgIpc) is 2.88. The molecule has 0 saturated heterocycles. The second kappa shape index (κ2) is 4.93. The van der Waals surface area contributed by atoms with Crippen molar-refractivity contribution in [2.45, 2.75) is 9.92 Å². The zero-order valence-electron chi connectivity index (χ0n) is 9.33. The summed E-state index contributed by atoms with van der Waals surface area (Å²) in [6.45, 7) is 0. The molecule has 0 bridgehead atoms. The van der Waals surface area contributed by atoms with Crippen molar-refractivity contribution < 1.29 is 0 Å². The number of rotatable bonds is 3. The van der Waals surface area contributed by atoms with Gasteiger partial charge in [-0.1, -0.05) is 30.0 Å². The molecule has 1 aromatic carbocycles. The van der Waals surface area contributed by atoms with E-state index in [1.165, 1.54) is 0 Å². The Morgan fingerprint density at radius 1 is 1.11 bits per heavy atom. The van der Waals surface area contributed by atoms with Gasteiger partial charge in [0.2, 0.25) is 5.95 Å². The Balaban J connectivity index is 2.07. The van der Waals surface area contributed by atoms with Crippen LogP contribution >= 0.6 is 23.1 Å². The van der Waals surface area contributed by atoms with E-state index >= 15 is 0 Å². The van der Waals surface area contributed by atoms with Crippen molar-refractivity contribution in [3.05, 3.63) is 41.8 Å². The lowest BCUT2D eigenvalue weighted by Gasteiger charge is -2.04. The third-order valence-corrected chi connectivity index (χ3v) is 4.20. The first-order chi connectivity index (χ1) is 8.86. The van der Waals surface area contributed by atoms with E-state index in [0.29, 0.717) is 5.95 Å². The smallest absolute Gasteiger partial charge is 0.239 e. The molecular weight excluding hydrogens is 264 g/mol. The fraction of sp³-hybridized carbons (Fsp3) is 0. The van der Waals surface area contributed by atoms with Crippen LogP contribution in [0.25, 0.3) is 10.2 Å². The molecular formula is C12H10N4S2. The lowest BCUT2D eigenvalue weighted by atomic mass is 10.4. The summed E-state index contributed by atoms with van der Waals surface area (Å²) in [4.78, 5) is 10.8. The van der Waals surface area contributed by atoms with Crippen LogP contribution in [-0.4, -0.2) is 9.97 Å². The highest BCUT2D eigenvalue weighted by atomic mass is 32.2. The summed E-state index contributed by atoms with van der Waals surface area (Å²) < 4.78 is 0. The molecule has 0 unspecified atom stereocenters. The Morgan fingerprint density at radius 2 is 1.94 bits per heavy atom. The summed E-state index contributed by atoms with van der Waals surface area (Å²) in [5.41, 5.74) is 2.51. The van der Waals surface area contributed by atoms with Gasteiger partial charge in [-0.2, -0.15) is 0 Å². The second-order valence-electron chi connectivity index (χ2n) is 3.55. The van der Waals surface area contributed by atoms with Gasteiger partial charge >= 0.3 is 0 Å². The molecule has 4 nitrogen and oxygen atoms in total. The molecule has 0 saturated carbocycles. The molecule has 3 rings (SSSR count). The Morgan fingerprint density at radius 3 is 2.72 bits per heavy atom. The summed E-state index contributed by atoms with van der Waals surface area (Å²) in [5.74, 6) is 5.84. The second-order valence-corrected chi connectivity index (χ2v) is 5.51. The number of fused-ring (bicyclic) bond motifs is 1. The normalized spacial score (nSPS) is 10.7. The minimum Gasteiger partial charge on any atom is -0.292 e. The van der Waals surface area contributed by atoms with E-state index in [9.17, 15) is 0 Å². The van der Waals surface area contributed by atoms with Gasteiger partial charge in [-0.25, -0.2) is 15.8 Å². The lowest BCUT2D eigenvalue weighted by molar-refractivity contribution is 1.08. The summed E-state index contributed by atoms with van der Waals surface area (Å²) in [5, 5.41) is 3.99. The topological polar surface area (TPSA) is 63.8 Å². The quantitative estimate of drug-likeness (QED) is 0.436. The molecule has 2 heterocycles. The van der Waals surface area contributed by atoms with E-state index in [4.69, 9.17) is 5.84 Å². The molecule has 3 aromatic rings. The summed E-state index contributed by atoms with van der Waals surface area (Å²) >= 11 is 3.19. The maximum Gasteiger partial charge on any atom is 0.239 e. The lowest BCUT2D eigenvalue weighted by Crippen LogP contribution is -2.10. The van der Waals surface area contributed by atoms with Gasteiger partial charge in [0.05, 0.1) is 0 Å². The molecule has 0 aliphatic heterocycles. The Bertz CT molecular complexity index is 666. The van der Waals surface area contributed by atoms with Crippen molar-refractivity contribution >= 4 is 39.3 Å². The number of benzene rings is 1. The largest absolute Gasteiger partial charge is 0.292 e. The van der Waals surface area contributed by atoms with Crippen LogP contribution in [0.3, 0.4) is 0 Å². The third-order valence-electron chi connectivity index (χ3n) is 2.38. The highest BCUT2D eigenvalue weighted by molar-refractivity contribution is 7.99. The predicted molar refractivity (Wildman–Crippen MR) is 75.8 cm³/mol. The third kappa shape index (κ3) is 2.17. The monoisotopic (exact) mass is 274 g/mol. The molecule has 0 fully saturated rings. The number of thiophene rings is 1. The Kier molecular flexibility index (Phi) is 3.14. The van der Waals surface area contributed by atoms with Crippen LogP contribution in [0, 0.1) is 0 Å². The fourth-order valence-corrected chi connectivity index (χ4v) is 3.32. The van der Waals surface area contributed by atoms with E-state index in [2.05, 4.69) is 27.5 Å². The van der Waals surface area contributed by atoms with Gasteiger partial charge < -0.3 is 0 Å². The van der Waals surface area contributed by atoms with Crippen molar-refractivity contribution in [3.63, 3.8) is 0 Å². The van der Waals surface area contributed by atoms with E-state index in [1.807, 2.05) is 29.6 Å². The van der Waals surface area contributed by atoms with Gasteiger partial charge in [-0.3, -0.25) is 5.43 Å². The fourth-order valence-electron chi connectivity index (χ4n) is 1.57. The van der Waals surface area contributed by atoms with Gasteiger partial charge in [0.25, 0.3) is 0 Å². The summed E-state index contributed by atoms with van der Waals surface area (Å²) in [6, 6.07) is 12.2. The van der Waals surface area contributed by atoms with Crippen molar-refractivity contribution in [2.24, 2.45) is 5.84 Å². The van der Waals surface area contributed by atoms with Crippen LogP contribution < -0.4 is 11.3 Å². The number of nitrogens with two attached hydrogens (primary N) is 1. The standard InChI is InChI=1S/C12H10N4S2/c13-16-12-14-10-9(6-7-17-10)11(15-12)18-8-4-2-1-3-5-8/h1-7H,13H2,(H,14,15,16). The molecule has 0 atom stereocenters. The molecule has 0 aliphatic rings. The number of nitrogens with one attached hydrogen (secondary N) is 1. The Labute approximate surface area is 112 Å². The summed E-state index contributed by atoms with van der Waals surface area (Å²) in [7, 11) is 0. The SMILES string of the molecule is NNc1nc(Sc2ccccc2)c2ccsc2n1. The van der Waals surface area contributed by atoms with Crippen LogP contribution in [0.15, 0.2) is 51.7 Å². The maximum atomic E-state index is 5.39. The minimum absolute atomic E-state index is 0.448. The van der Waals surface area contributed by atoms with Crippen LogP contribution in [0.1, 0.15) is 0 Å². The molecule has 0 aliphatic carbocycles. The number of hydrogen-bond acceptors (Lipinski definition) is 6. The number of hydrogen-bond donors (Lipinski definition) is 2. The van der Waals surface area contributed by atoms with Gasteiger partial charge in [0.1, 0.15) is 9.86 Å². The molecule has 0 radical (unpaired) electrons. The van der Waals surface area contributed by atoms with Crippen LogP contribution in [-0.2, 0) is 0 Å². The highest BCUT2D eigenvalue weighted by Crippen LogP contribution is 2.33. The molecule has 18 heavy (non-hydrogen) atoms. The zero-order chi connectivity index (χ0) is 12.4. The van der Waals surface area contributed by atoms with Gasteiger partial charge in [-0.15, -0.1) is 11.3 Å². The number of aromatic nitrogens is 2. The highest BCUT2D eigenvalue weighted by Gasteiger charge is 2.09. The van der Waals surface area contributed by atoms with Crippen LogP contribution in [0.4, 0.5) is 5.95 Å². The molecule has 6 heteroatoms. The van der Waals surface area contributed by atoms with E-state index in [-0.39, 0.29) is 0 Å². The van der Waals surface area contributed by atoms with Crippen molar-refractivity contribution in [2.75, 3.05) is 5.43 Å². The maximum absolute atomic E-state index is 5.39. The van der Waals surface area contributed by atoms with E-state index < -0.39 is 0 Å². The van der Waals surface area contributed by atoms with Crippen molar-refractivity contribution in [1.82, 2.24) is 9.97 Å². The van der Waals surface area contributed by atoms with Gasteiger partial charge in [-0.05, 0) is 23.6 Å². The molecule has 0 spiro atoms. The van der Waals surface area contributed by atoms with Crippen LogP contribution in [0.2, 0.25) is 0 Å². The number of hydrazine groups is 1. The molecule has 3 N–H and O–H groups in total. The zero-order valence-corrected chi connectivity index (χ0v) is 11.0. The first-order valence-corrected chi connectivity index (χ1v) is 7.01. The van der Waals surface area contributed by atoms with Crippen molar-refractivity contribution in [3.8, 4) is 0 Å². The first-order valence-electron chi connectivity index (χ1n) is 5.31. The molecule has 0 amide bonds. The van der Waals surface area contributed by atoms with Gasteiger partial charge in [0, 0.05) is 10.3 Å². The van der Waals surface area contributed by atoms with Crippen LogP contribution in [0.5, 0.6) is 0 Å². The van der Waals surface area contributed by atoms with E-state index in [0.717, 1.165) is 20.1 Å². The molecule has 90 valence electrons. The van der Waals surface area contributed by atoms with E-state index in [1.54, 1.807) is 23.1 Å². The average molecular weight is 274 g/mol. The predicted octanol–water partition coefficient (Wildman–Crippen LogP) is 3.13.